The van der Waals surface area contributed by atoms with E-state index in [9.17, 15) is 0 Å². The Kier molecular flexibility index (Phi) is 6.22. The van der Waals surface area contributed by atoms with Gasteiger partial charge >= 0.3 is 0 Å². The topological polar surface area (TPSA) is 44.2 Å². The predicted octanol–water partition coefficient (Wildman–Crippen LogP) is 2.89. The van der Waals surface area contributed by atoms with Gasteiger partial charge in [0.05, 0.1) is 12.2 Å². The van der Waals surface area contributed by atoms with Crippen molar-refractivity contribution in [1.29, 1.82) is 0 Å². The Morgan fingerprint density at radius 2 is 2.12 bits per heavy atom. The molecule has 17 heavy (non-hydrogen) atoms. The second kappa shape index (κ2) is 7.45. The Bertz CT molecular complexity index is 347. The first kappa shape index (κ1) is 14.2. The van der Waals surface area contributed by atoms with Crippen LogP contribution in [0, 0.1) is 0 Å². The van der Waals surface area contributed by atoms with Crippen LogP contribution in [0.15, 0.2) is 6.33 Å². The number of hydrogen-bond donors (Lipinski definition) is 0. The van der Waals surface area contributed by atoms with Gasteiger partial charge in [-0.2, -0.15) is 0 Å². The molecule has 0 bridgehead atoms. The second-order valence-electron chi connectivity index (χ2n) is 3.79. The average molecular weight is 259 g/mol. The molecule has 1 unspecified atom stereocenters. The maximum Gasteiger partial charge on any atom is 0.221 e. The van der Waals surface area contributed by atoms with Crippen LogP contribution in [0.25, 0.3) is 0 Å². The van der Waals surface area contributed by atoms with E-state index in [0.29, 0.717) is 24.2 Å². The summed E-state index contributed by atoms with van der Waals surface area (Å²) in [6.45, 7) is 7.21. The molecule has 0 amide bonds. The predicted molar refractivity (Wildman–Crippen MR) is 67.6 cm³/mol. The van der Waals surface area contributed by atoms with Gasteiger partial charge in [0.2, 0.25) is 5.88 Å². The maximum atomic E-state index is 6.03. The van der Waals surface area contributed by atoms with E-state index in [1.54, 1.807) is 0 Å². The third kappa shape index (κ3) is 4.48. The summed E-state index contributed by atoms with van der Waals surface area (Å²) in [7, 11) is 0. The highest BCUT2D eigenvalue weighted by atomic mass is 35.5. The van der Waals surface area contributed by atoms with Crippen molar-refractivity contribution < 1.29 is 9.47 Å². The molecule has 1 aromatic rings. The van der Waals surface area contributed by atoms with Crippen LogP contribution in [0.1, 0.15) is 32.8 Å². The van der Waals surface area contributed by atoms with Crippen molar-refractivity contribution in [3.8, 4) is 5.88 Å². The fourth-order valence-electron chi connectivity index (χ4n) is 1.45. The highest BCUT2D eigenvalue weighted by Crippen LogP contribution is 2.24. The van der Waals surface area contributed by atoms with E-state index >= 15 is 0 Å². The van der Waals surface area contributed by atoms with Crippen molar-refractivity contribution in [3.63, 3.8) is 0 Å². The van der Waals surface area contributed by atoms with Gasteiger partial charge in [0.25, 0.3) is 0 Å². The summed E-state index contributed by atoms with van der Waals surface area (Å²) in [6, 6.07) is 0. The van der Waals surface area contributed by atoms with Gasteiger partial charge in [0, 0.05) is 6.61 Å². The molecule has 0 aliphatic carbocycles. The molecule has 1 aromatic heterocycles. The number of hydrogen-bond acceptors (Lipinski definition) is 4. The third-order valence-corrected chi connectivity index (χ3v) is 2.55. The van der Waals surface area contributed by atoms with Crippen LogP contribution >= 0.6 is 11.6 Å². The fraction of sp³-hybridized carbons (Fsp3) is 0.667. The van der Waals surface area contributed by atoms with Gasteiger partial charge in [-0.05, 0) is 20.3 Å². The molecule has 5 heteroatoms. The van der Waals surface area contributed by atoms with Crippen LogP contribution in [0.5, 0.6) is 5.88 Å². The SMILES string of the molecule is CCCc1c(Cl)ncnc1OC(C)COCC. The minimum Gasteiger partial charge on any atom is -0.472 e. The molecule has 96 valence electrons. The van der Waals surface area contributed by atoms with E-state index in [0.717, 1.165) is 18.4 Å². The van der Waals surface area contributed by atoms with Crippen molar-refractivity contribution in [1.82, 2.24) is 9.97 Å². The third-order valence-electron chi connectivity index (χ3n) is 2.22. The van der Waals surface area contributed by atoms with Crippen LogP contribution in [-0.2, 0) is 11.2 Å². The standard InChI is InChI=1S/C12H19ClN2O2/c1-4-6-10-11(13)14-8-15-12(10)17-9(3)7-16-5-2/h8-9H,4-7H2,1-3H3. The highest BCUT2D eigenvalue weighted by Gasteiger charge is 2.13. The molecule has 0 radical (unpaired) electrons. The molecule has 0 fully saturated rings. The van der Waals surface area contributed by atoms with Crippen molar-refractivity contribution >= 4 is 11.6 Å². The van der Waals surface area contributed by atoms with Crippen LogP contribution in [0.4, 0.5) is 0 Å². The lowest BCUT2D eigenvalue weighted by Gasteiger charge is -2.16. The molecule has 0 aliphatic heterocycles. The van der Waals surface area contributed by atoms with Crippen LogP contribution in [0.3, 0.4) is 0 Å². The fourth-order valence-corrected chi connectivity index (χ4v) is 1.67. The summed E-state index contributed by atoms with van der Waals surface area (Å²) in [5.41, 5.74) is 0.875. The zero-order chi connectivity index (χ0) is 12.7. The first-order valence-electron chi connectivity index (χ1n) is 5.92. The monoisotopic (exact) mass is 258 g/mol. The van der Waals surface area contributed by atoms with Crippen LogP contribution < -0.4 is 4.74 Å². The quantitative estimate of drug-likeness (QED) is 0.706. The first-order valence-corrected chi connectivity index (χ1v) is 6.30. The van der Waals surface area contributed by atoms with E-state index in [1.165, 1.54) is 6.33 Å². The summed E-state index contributed by atoms with van der Waals surface area (Å²) in [4.78, 5) is 8.10. The Hall–Kier alpha value is -0.870. The van der Waals surface area contributed by atoms with E-state index in [1.807, 2.05) is 13.8 Å². The number of ether oxygens (including phenoxy) is 2. The largest absolute Gasteiger partial charge is 0.472 e. The highest BCUT2D eigenvalue weighted by molar-refractivity contribution is 6.30. The zero-order valence-corrected chi connectivity index (χ0v) is 11.3. The van der Waals surface area contributed by atoms with Gasteiger partial charge in [-0.1, -0.05) is 24.9 Å². The number of rotatable bonds is 7. The Morgan fingerprint density at radius 1 is 1.35 bits per heavy atom. The number of nitrogens with zero attached hydrogens (tertiary/aromatic N) is 2. The number of halogens is 1. The first-order chi connectivity index (χ1) is 8.19. The molecule has 0 N–H and O–H groups in total. The minimum atomic E-state index is -0.0449. The lowest BCUT2D eigenvalue weighted by molar-refractivity contribution is 0.0627. The summed E-state index contributed by atoms with van der Waals surface area (Å²) >= 11 is 6.03. The van der Waals surface area contributed by atoms with Gasteiger partial charge in [0.1, 0.15) is 17.6 Å². The minimum absolute atomic E-state index is 0.0449. The normalized spacial score (nSPS) is 12.5. The molecule has 1 rings (SSSR count). The summed E-state index contributed by atoms with van der Waals surface area (Å²) in [5.74, 6) is 0.569. The second-order valence-corrected chi connectivity index (χ2v) is 4.14. The van der Waals surface area contributed by atoms with Crippen molar-refractivity contribution in [3.05, 3.63) is 17.0 Å². The van der Waals surface area contributed by atoms with E-state index < -0.39 is 0 Å². The molecule has 1 atom stereocenters. The summed E-state index contributed by atoms with van der Waals surface area (Å²) in [6.07, 6.45) is 3.17. The molecule has 0 saturated carbocycles. The number of aromatic nitrogens is 2. The van der Waals surface area contributed by atoms with Gasteiger partial charge in [0.15, 0.2) is 0 Å². The Morgan fingerprint density at radius 3 is 2.76 bits per heavy atom. The Labute approximate surface area is 107 Å². The average Bonchev–Trinajstić information content (AvgIpc) is 2.31. The molecule has 0 aliphatic rings. The smallest absolute Gasteiger partial charge is 0.221 e. The lowest BCUT2D eigenvalue weighted by Crippen LogP contribution is -2.20. The molecular formula is C12H19ClN2O2. The van der Waals surface area contributed by atoms with Crippen LogP contribution in [-0.4, -0.2) is 29.3 Å². The molecule has 0 saturated heterocycles. The van der Waals surface area contributed by atoms with Crippen molar-refractivity contribution in [2.45, 2.75) is 39.7 Å². The summed E-state index contributed by atoms with van der Waals surface area (Å²) < 4.78 is 11.0. The van der Waals surface area contributed by atoms with Crippen molar-refractivity contribution in [2.75, 3.05) is 13.2 Å². The molecule has 4 nitrogen and oxygen atoms in total. The molecule has 1 heterocycles. The Balaban J connectivity index is 2.72. The van der Waals surface area contributed by atoms with E-state index in [-0.39, 0.29) is 6.10 Å². The van der Waals surface area contributed by atoms with Gasteiger partial charge in [-0.15, -0.1) is 0 Å². The van der Waals surface area contributed by atoms with Crippen molar-refractivity contribution in [2.24, 2.45) is 0 Å². The van der Waals surface area contributed by atoms with E-state index in [4.69, 9.17) is 21.1 Å². The summed E-state index contributed by atoms with van der Waals surface area (Å²) in [5, 5.41) is 0.473. The maximum absolute atomic E-state index is 6.03. The lowest BCUT2D eigenvalue weighted by atomic mass is 10.2. The molecular weight excluding hydrogens is 240 g/mol. The molecule has 0 aromatic carbocycles. The van der Waals surface area contributed by atoms with E-state index in [2.05, 4.69) is 16.9 Å². The van der Waals surface area contributed by atoms with Gasteiger partial charge in [-0.25, -0.2) is 9.97 Å². The van der Waals surface area contributed by atoms with Gasteiger partial charge in [-0.3, -0.25) is 0 Å². The van der Waals surface area contributed by atoms with Gasteiger partial charge < -0.3 is 9.47 Å². The zero-order valence-electron chi connectivity index (χ0n) is 10.6. The van der Waals surface area contributed by atoms with Crippen LogP contribution in [0.2, 0.25) is 5.15 Å². The molecule has 0 spiro atoms.